The Balaban J connectivity index is 1.49. The van der Waals surface area contributed by atoms with Gasteiger partial charge in [-0.3, -0.25) is 9.69 Å². The second kappa shape index (κ2) is 8.30. The molecule has 0 bridgehead atoms. The second-order valence-electron chi connectivity index (χ2n) is 7.12. The zero-order valence-corrected chi connectivity index (χ0v) is 15.2. The SMILES string of the molecule is Cc1ccccc1[C@H](C)NC(=O)C1CCN(Cc2ccccc2)CC1. The van der Waals surface area contributed by atoms with Gasteiger partial charge in [-0.15, -0.1) is 0 Å². The Bertz CT molecular complexity index is 690. The van der Waals surface area contributed by atoms with Crippen molar-refractivity contribution in [2.75, 3.05) is 13.1 Å². The van der Waals surface area contributed by atoms with E-state index in [1.807, 2.05) is 12.1 Å². The van der Waals surface area contributed by atoms with Gasteiger partial charge in [0, 0.05) is 12.5 Å². The first-order chi connectivity index (χ1) is 12.1. The van der Waals surface area contributed by atoms with Crippen molar-refractivity contribution in [3.63, 3.8) is 0 Å². The third-order valence-corrected chi connectivity index (χ3v) is 5.22. The molecule has 2 aromatic carbocycles. The number of nitrogens with one attached hydrogen (secondary N) is 1. The van der Waals surface area contributed by atoms with Crippen LogP contribution in [-0.2, 0) is 11.3 Å². The van der Waals surface area contributed by atoms with Crippen molar-refractivity contribution in [3.8, 4) is 0 Å². The molecule has 3 heteroatoms. The molecule has 0 radical (unpaired) electrons. The van der Waals surface area contributed by atoms with Gasteiger partial charge < -0.3 is 5.32 Å². The fraction of sp³-hybridized carbons (Fsp3) is 0.409. The molecule has 0 unspecified atom stereocenters. The minimum atomic E-state index is 0.0658. The van der Waals surface area contributed by atoms with Gasteiger partial charge in [-0.2, -0.15) is 0 Å². The van der Waals surface area contributed by atoms with Crippen LogP contribution in [0.1, 0.15) is 42.5 Å². The van der Waals surface area contributed by atoms with Crippen LogP contribution in [0, 0.1) is 12.8 Å². The first-order valence-electron chi connectivity index (χ1n) is 9.25. The minimum absolute atomic E-state index is 0.0658. The summed E-state index contributed by atoms with van der Waals surface area (Å²) in [4.78, 5) is 15.1. The molecule has 1 aliphatic rings. The molecule has 1 atom stereocenters. The Morgan fingerprint density at radius 3 is 2.40 bits per heavy atom. The standard InChI is InChI=1S/C22H28N2O/c1-17-8-6-7-11-21(17)18(2)23-22(25)20-12-14-24(15-13-20)16-19-9-4-3-5-10-19/h3-11,18,20H,12-16H2,1-2H3,(H,23,25)/t18-/m0/s1. The number of piperidine rings is 1. The largest absolute Gasteiger partial charge is 0.349 e. The Hall–Kier alpha value is -2.13. The van der Waals surface area contributed by atoms with Crippen LogP contribution in [0.2, 0.25) is 0 Å². The van der Waals surface area contributed by atoms with Crippen LogP contribution in [0.4, 0.5) is 0 Å². The maximum Gasteiger partial charge on any atom is 0.223 e. The zero-order chi connectivity index (χ0) is 17.6. The molecule has 25 heavy (non-hydrogen) atoms. The highest BCUT2D eigenvalue weighted by Gasteiger charge is 2.26. The fourth-order valence-electron chi connectivity index (χ4n) is 3.68. The van der Waals surface area contributed by atoms with E-state index in [-0.39, 0.29) is 17.9 Å². The third kappa shape index (κ3) is 4.70. The van der Waals surface area contributed by atoms with Crippen LogP contribution in [0.5, 0.6) is 0 Å². The summed E-state index contributed by atoms with van der Waals surface area (Å²) in [6, 6.07) is 18.9. The van der Waals surface area contributed by atoms with Crippen molar-refractivity contribution in [2.45, 2.75) is 39.3 Å². The molecule has 1 amide bonds. The van der Waals surface area contributed by atoms with E-state index < -0.39 is 0 Å². The van der Waals surface area contributed by atoms with Gasteiger partial charge in [0.25, 0.3) is 0 Å². The molecule has 0 aliphatic carbocycles. The summed E-state index contributed by atoms with van der Waals surface area (Å²) >= 11 is 0. The number of benzene rings is 2. The first kappa shape index (κ1) is 17.7. The molecular weight excluding hydrogens is 308 g/mol. The van der Waals surface area contributed by atoms with Crippen LogP contribution < -0.4 is 5.32 Å². The number of hydrogen-bond acceptors (Lipinski definition) is 2. The lowest BCUT2D eigenvalue weighted by Crippen LogP contribution is -2.41. The maximum atomic E-state index is 12.6. The fourth-order valence-corrected chi connectivity index (χ4v) is 3.68. The van der Waals surface area contributed by atoms with Gasteiger partial charge in [0.2, 0.25) is 5.91 Å². The van der Waals surface area contributed by atoms with Crippen LogP contribution in [0.15, 0.2) is 54.6 Å². The van der Waals surface area contributed by atoms with E-state index in [1.54, 1.807) is 0 Å². The highest BCUT2D eigenvalue weighted by molar-refractivity contribution is 5.79. The van der Waals surface area contributed by atoms with E-state index in [0.717, 1.165) is 32.5 Å². The van der Waals surface area contributed by atoms with Crippen LogP contribution in [0.3, 0.4) is 0 Å². The monoisotopic (exact) mass is 336 g/mol. The summed E-state index contributed by atoms with van der Waals surface area (Å²) in [5, 5.41) is 3.21. The number of nitrogens with zero attached hydrogens (tertiary/aromatic N) is 1. The smallest absolute Gasteiger partial charge is 0.223 e. The molecular formula is C22H28N2O. The van der Waals surface area contributed by atoms with Gasteiger partial charge in [-0.25, -0.2) is 0 Å². The first-order valence-corrected chi connectivity index (χ1v) is 9.25. The highest BCUT2D eigenvalue weighted by Crippen LogP contribution is 2.22. The van der Waals surface area contributed by atoms with Crippen molar-refractivity contribution < 1.29 is 4.79 Å². The van der Waals surface area contributed by atoms with Crippen molar-refractivity contribution in [3.05, 3.63) is 71.3 Å². The van der Waals surface area contributed by atoms with E-state index in [4.69, 9.17) is 0 Å². The van der Waals surface area contributed by atoms with Gasteiger partial charge in [-0.05, 0) is 56.5 Å². The molecule has 132 valence electrons. The topological polar surface area (TPSA) is 32.3 Å². The predicted octanol–water partition coefficient (Wildman–Crippen LogP) is 4.08. The number of amides is 1. The van der Waals surface area contributed by atoms with Crippen LogP contribution in [-0.4, -0.2) is 23.9 Å². The van der Waals surface area contributed by atoms with Crippen molar-refractivity contribution in [1.82, 2.24) is 10.2 Å². The van der Waals surface area contributed by atoms with E-state index in [9.17, 15) is 4.79 Å². The average Bonchev–Trinajstić information content (AvgIpc) is 2.63. The van der Waals surface area contributed by atoms with Crippen molar-refractivity contribution >= 4 is 5.91 Å². The number of rotatable bonds is 5. The van der Waals surface area contributed by atoms with E-state index in [0.29, 0.717) is 0 Å². The number of hydrogen-bond donors (Lipinski definition) is 1. The van der Waals surface area contributed by atoms with Gasteiger partial charge in [0.15, 0.2) is 0 Å². The molecule has 1 aliphatic heterocycles. The van der Waals surface area contributed by atoms with Crippen molar-refractivity contribution in [2.24, 2.45) is 5.92 Å². The quantitative estimate of drug-likeness (QED) is 0.892. The summed E-state index contributed by atoms with van der Waals surface area (Å²) < 4.78 is 0. The van der Waals surface area contributed by atoms with E-state index >= 15 is 0 Å². The Kier molecular flexibility index (Phi) is 5.87. The highest BCUT2D eigenvalue weighted by atomic mass is 16.1. The number of aryl methyl sites for hydroxylation is 1. The second-order valence-corrected chi connectivity index (χ2v) is 7.12. The normalized spacial score (nSPS) is 17.2. The lowest BCUT2D eigenvalue weighted by molar-refractivity contribution is -0.127. The molecule has 3 rings (SSSR count). The number of likely N-dealkylation sites (tertiary alicyclic amines) is 1. The predicted molar refractivity (Wildman–Crippen MR) is 102 cm³/mol. The Morgan fingerprint density at radius 2 is 1.72 bits per heavy atom. The third-order valence-electron chi connectivity index (χ3n) is 5.22. The van der Waals surface area contributed by atoms with Gasteiger partial charge in [0.1, 0.15) is 0 Å². The Morgan fingerprint density at radius 1 is 1.08 bits per heavy atom. The van der Waals surface area contributed by atoms with Crippen LogP contribution in [0.25, 0.3) is 0 Å². The maximum absolute atomic E-state index is 12.6. The number of carbonyl (C=O) groups excluding carboxylic acids is 1. The summed E-state index contributed by atoms with van der Waals surface area (Å²) in [6.45, 7) is 7.14. The lowest BCUT2D eigenvalue weighted by Gasteiger charge is -2.32. The minimum Gasteiger partial charge on any atom is -0.349 e. The molecule has 0 saturated carbocycles. The van der Waals surface area contributed by atoms with Gasteiger partial charge in [-0.1, -0.05) is 54.6 Å². The average molecular weight is 336 g/mol. The molecule has 0 spiro atoms. The van der Waals surface area contributed by atoms with Crippen molar-refractivity contribution in [1.29, 1.82) is 0 Å². The molecule has 2 aromatic rings. The van der Waals surface area contributed by atoms with Crippen LogP contribution >= 0.6 is 0 Å². The summed E-state index contributed by atoms with van der Waals surface area (Å²) in [5.74, 6) is 0.341. The molecule has 0 aromatic heterocycles. The molecule has 3 nitrogen and oxygen atoms in total. The zero-order valence-electron chi connectivity index (χ0n) is 15.2. The van der Waals surface area contributed by atoms with Gasteiger partial charge >= 0.3 is 0 Å². The Labute approximate surface area is 151 Å². The van der Waals surface area contributed by atoms with Gasteiger partial charge in [0.05, 0.1) is 6.04 Å². The molecule has 1 saturated heterocycles. The van der Waals surface area contributed by atoms with E-state index in [2.05, 4.69) is 66.5 Å². The lowest BCUT2D eigenvalue weighted by atomic mass is 9.94. The summed E-state index contributed by atoms with van der Waals surface area (Å²) in [5.41, 5.74) is 3.78. The van der Waals surface area contributed by atoms with E-state index in [1.165, 1.54) is 16.7 Å². The molecule has 1 fully saturated rings. The number of carbonyl (C=O) groups is 1. The molecule has 1 N–H and O–H groups in total. The summed E-state index contributed by atoms with van der Waals surface area (Å²) in [7, 11) is 0. The summed E-state index contributed by atoms with van der Waals surface area (Å²) in [6.07, 6.45) is 1.89. The molecule has 1 heterocycles.